The van der Waals surface area contributed by atoms with E-state index in [2.05, 4.69) is 170 Å². The Balaban J connectivity index is 1.78. The molecule has 198 valence electrons. The molecule has 0 saturated carbocycles. The van der Waals surface area contributed by atoms with Gasteiger partial charge in [-0.2, -0.15) is 0 Å². The molecule has 1 heteroatoms. The smallest absolute Gasteiger partial charge is 0.0461 e. The molecule has 38 heavy (non-hydrogen) atoms. The van der Waals surface area contributed by atoms with Gasteiger partial charge in [-0.15, -0.1) is 0 Å². The average molecular weight is 504 g/mol. The lowest BCUT2D eigenvalue weighted by molar-refractivity contribution is 0.358. The van der Waals surface area contributed by atoms with Crippen LogP contribution in [0.1, 0.15) is 90.5 Å². The summed E-state index contributed by atoms with van der Waals surface area (Å²) < 4.78 is 0. The summed E-state index contributed by atoms with van der Waals surface area (Å²) in [5, 5.41) is 0. The molecule has 0 heterocycles. The monoisotopic (exact) mass is 503 g/mol. The van der Waals surface area contributed by atoms with Crippen LogP contribution in [0, 0.1) is 5.41 Å². The zero-order valence-electron chi connectivity index (χ0n) is 24.8. The van der Waals surface area contributed by atoms with E-state index in [0.29, 0.717) is 5.92 Å². The van der Waals surface area contributed by atoms with Crippen molar-refractivity contribution in [3.8, 4) is 0 Å². The van der Waals surface area contributed by atoms with E-state index in [-0.39, 0.29) is 16.2 Å². The van der Waals surface area contributed by atoms with Crippen molar-refractivity contribution in [2.45, 2.75) is 79.1 Å². The van der Waals surface area contributed by atoms with Crippen LogP contribution in [0.2, 0.25) is 0 Å². The van der Waals surface area contributed by atoms with E-state index in [1.807, 2.05) is 0 Å². The fourth-order valence-corrected chi connectivity index (χ4v) is 5.32. The van der Waals surface area contributed by atoms with Crippen LogP contribution in [0.5, 0.6) is 0 Å². The summed E-state index contributed by atoms with van der Waals surface area (Å²) in [4.78, 5) is 2.37. The van der Waals surface area contributed by atoms with Crippen molar-refractivity contribution in [3.05, 3.63) is 125 Å². The molecular weight excluding hydrogens is 458 g/mol. The number of benzene rings is 4. The summed E-state index contributed by atoms with van der Waals surface area (Å²) in [5.41, 5.74) is 9.26. The Morgan fingerprint density at radius 2 is 0.763 bits per heavy atom. The molecule has 1 unspecified atom stereocenters. The second-order valence-corrected chi connectivity index (χ2v) is 13.7. The Morgan fingerprint density at radius 1 is 0.421 bits per heavy atom. The minimum absolute atomic E-state index is 0.105. The molecule has 0 amide bonds. The number of rotatable bonds is 5. The predicted octanol–water partition coefficient (Wildman–Crippen LogP) is 10.9. The van der Waals surface area contributed by atoms with Gasteiger partial charge >= 0.3 is 0 Å². The fraction of sp³-hybridized carbons (Fsp3) is 0.351. The minimum Gasteiger partial charge on any atom is -0.311 e. The number of nitrogens with zero attached hydrogens (tertiary/aromatic N) is 1. The van der Waals surface area contributed by atoms with Crippen LogP contribution in [-0.2, 0) is 10.8 Å². The SMILES string of the molecule is CC(C)(C)c1ccc(N(c2ccc(C(c3ccccc3)C(C)(C)C)cc2)c2ccc(C(C)(C)C)cc2)cc1. The van der Waals surface area contributed by atoms with Gasteiger partial charge in [-0.3, -0.25) is 0 Å². The van der Waals surface area contributed by atoms with Gasteiger partial charge in [-0.1, -0.05) is 129 Å². The second-order valence-electron chi connectivity index (χ2n) is 13.7. The number of hydrogen-bond donors (Lipinski definition) is 0. The van der Waals surface area contributed by atoms with Crippen LogP contribution in [0.4, 0.5) is 17.1 Å². The Kier molecular flexibility index (Phi) is 7.62. The van der Waals surface area contributed by atoms with Gasteiger partial charge in [0.15, 0.2) is 0 Å². The van der Waals surface area contributed by atoms with E-state index in [4.69, 9.17) is 0 Å². The molecule has 4 rings (SSSR count). The van der Waals surface area contributed by atoms with Gasteiger partial charge < -0.3 is 4.90 Å². The van der Waals surface area contributed by atoms with Crippen LogP contribution < -0.4 is 4.90 Å². The lowest BCUT2D eigenvalue weighted by Crippen LogP contribution is -2.20. The van der Waals surface area contributed by atoms with Crippen LogP contribution in [-0.4, -0.2) is 0 Å². The highest BCUT2D eigenvalue weighted by Crippen LogP contribution is 2.42. The molecule has 0 bridgehead atoms. The Morgan fingerprint density at radius 3 is 1.11 bits per heavy atom. The molecule has 1 atom stereocenters. The molecule has 0 radical (unpaired) electrons. The van der Waals surface area contributed by atoms with E-state index in [1.165, 1.54) is 39.3 Å². The highest BCUT2D eigenvalue weighted by molar-refractivity contribution is 5.77. The molecule has 0 spiro atoms. The molecule has 4 aromatic carbocycles. The van der Waals surface area contributed by atoms with Crippen molar-refractivity contribution in [2.24, 2.45) is 5.41 Å². The maximum absolute atomic E-state index is 2.37. The van der Waals surface area contributed by atoms with Gasteiger partial charge in [0.2, 0.25) is 0 Å². The maximum atomic E-state index is 2.37. The number of anilines is 3. The normalized spacial score (nSPS) is 13.3. The third kappa shape index (κ3) is 6.21. The Hall–Kier alpha value is -3.32. The van der Waals surface area contributed by atoms with Gasteiger partial charge in [0.05, 0.1) is 0 Å². The third-order valence-corrected chi connectivity index (χ3v) is 7.47. The third-order valence-electron chi connectivity index (χ3n) is 7.47. The van der Waals surface area contributed by atoms with Crippen molar-refractivity contribution in [2.75, 3.05) is 4.90 Å². The molecule has 1 nitrogen and oxygen atoms in total. The van der Waals surface area contributed by atoms with Gasteiger partial charge in [-0.25, -0.2) is 0 Å². The predicted molar refractivity (Wildman–Crippen MR) is 166 cm³/mol. The minimum atomic E-state index is 0.105. The van der Waals surface area contributed by atoms with E-state index in [9.17, 15) is 0 Å². The van der Waals surface area contributed by atoms with Gasteiger partial charge in [-0.05, 0) is 74.9 Å². The van der Waals surface area contributed by atoms with E-state index < -0.39 is 0 Å². The first-order valence-corrected chi connectivity index (χ1v) is 13.9. The van der Waals surface area contributed by atoms with E-state index >= 15 is 0 Å². The highest BCUT2D eigenvalue weighted by Gasteiger charge is 2.28. The van der Waals surface area contributed by atoms with E-state index in [0.717, 1.165) is 0 Å². The van der Waals surface area contributed by atoms with E-state index in [1.54, 1.807) is 0 Å². The van der Waals surface area contributed by atoms with Crippen molar-refractivity contribution in [3.63, 3.8) is 0 Å². The van der Waals surface area contributed by atoms with Crippen LogP contribution in [0.25, 0.3) is 0 Å². The molecular formula is C37H45N. The first-order valence-electron chi connectivity index (χ1n) is 13.9. The summed E-state index contributed by atoms with van der Waals surface area (Å²) in [6.45, 7) is 20.6. The van der Waals surface area contributed by atoms with Crippen LogP contribution >= 0.6 is 0 Å². The Bertz CT molecular complexity index is 1250. The summed E-state index contributed by atoms with van der Waals surface area (Å²) >= 11 is 0. The summed E-state index contributed by atoms with van der Waals surface area (Å²) in [7, 11) is 0. The Labute approximate surface area is 231 Å². The standard InChI is InChI=1S/C37H45N/c1-35(2,3)29-17-23-32(24-18-29)38(33-25-19-30(20-26-33)36(4,5)6)31-21-15-28(16-22-31)34(37(7,8)9)27-13-11-10-12-14-27/h10-26,34H,1-9H3. The first-order chi connectivity index (χ1) is 17.7. The molecule has 0 aliphatic heterocycles. The average Bonchev–Trinajstić information content (AvgIpc) is 2.85. The van der Waals surface area contributed by atoms with Crippen molar-refractivity contribution in [1.82, 2.24) is 0 Å². The molecule has 0 fully saturated rings. The largest absolute Gasteiger partial charge is 0.311 e. The fourth-order valence-electron chi connectivity index (χ4n) is 5.32. The zero-order valence-corrected chi connectivity index (χ0v) is 24.8. The summed E-state index contributed by atoms with van der Waals surface area (Å²) in [5.74, 6) is 0.323. The quantitative estimate of drug-likeness (QED) is 0.262. The van der Waals surface area contributed by atoms with Crippen molar-refractivity contribution < 1.29 is 0 Å². The van der Waals surface area contributed by atoms with Gasteiger partial charge in [0, 0.05) is 23.0 Å². The van der Waals surface area contributed by atoms with Crippen LogP contribution in [0.15, 0.2) is 103 Å². The van der Waals surface area contributed by atoms with Crippen molar-refractivity contribution in [1.29, 1.82) is 0 Å². The summed E-state index contributed by atoms with van der Waals surface area (Å²) in [6.07, 6.45) is 0. The molecule has 0 aliphatic carbocycles. The van der Waals surface area contributed by atoms with Gasteiger partial charge in [0.1, 0.15) is 0 Å². The second kappa shape index (κ2) is 10.4. The molecule has 0 saturated heterocycles. The summed E-state index contributed by atoms with van der Waals surface area (Å²) in [6, 6.07) is 38.2. The molecule has 4 aromatic rings. The topological polar surface area (TPSA) is 3.24 Å². The van der Waals surface area contributed by atoms with Gasteiger partial charge in [0.25, 0.3) is 0 Å². The number of hydrogen-bond acceptors (Lipinski definition) is 1. The maximum Gasteiger partial charge on any atom is 0.0461 e. The zero-order chi connectivity index (χ0) is 27.7. The van der Waals surface area contributed by atoms with Crippen LogP contribution in [0.3, 0.4) is 0 Å². The van der Waals surface area contributed by atoms with Crippen molar-refractivity contribution >= 4 is 17.1 Å². The lowest BCUT2D eigenvalue weighted by Gasteiger charge is -2.32. The molecule has 0 aromatic heterocycles. The highest BCUT2D eigenvalue weighted by atomic mass is 15.1. The lowest BCUT2D eigenvalue weighted by atomic mass is 9.72. The molecule has 0 N–H and O–H groups in total. The molecule has 0 aliphatic rings. The first kappa shape index (κ1) is 27.7.